The highest BCUT2D eigenvalue weighted by atomic mass is 16.5. The molecule has 0 bridgehead atoms. The van der Waals surface area contributed by atoms with E-state index in [2.05, 4.69) is 27.3 Å². The number of carbonyl (C=O) groups excluding carboxylic acids is 1. The van der Waals surface area contributed by atoms with Crippen LogP contribution in [0.5, 0.6) is 0 Å². The van der Waals surface area contributed by atoms with E-state index in [9.17, 15) is 4.79 Å². The zero-order chi connectivity index (χ0) is 16.9. The van der Waals surface area contributed by atoms with Gasteiger partial charge in [0.15, 0.2) is 5.82 Å². The van der Waals surface area contributed by atoms with E-state index >= 15 is 0 Å². The van der Waals surface area contributed by atoms with Crippen LogP contribution in [0.4, 0.5) is 4.79 Å². The maximum Gasteiger partial charge on any atom is 0.317 e. The van der Waals surface area contributed by atoms with Crippen LogP contribution in [0.3, 0.4) is 0 Å². The molecule has 24 heavy (non-hydrogen) atoms. The minimum absolute atomic E-state index is 0.0287. The molecule has 7 heteroatoms. The third-order valence-electron chi connectivity index (χ3n) is 5.05. The smallest absolute Gasteiger partial charge is 0.317 e. The summed E-state index contributed by atoms with van der Waals surface area (Å²) in [7, 11) is 0. The predicted molar refractivity (Wildman–Crippen MR) is 90.8 cm³/mol. The number of aryl methyl sites for hydroxylation is 1. The maximum absolute atomic E-state index is 12.4. The number of rotatable bonds is 4. The van der Waals surface area contributed by atoms with E-state index in [-0.39, 0.29) is 11.9 Å². The molecule has 7 nitrogen and oxygen atoms in total. The Kier molecular flexibility index (Phi) is 5.71. The molecule has 2 unspecified atom stereocenters. The zero-order valence-electron chi connectivity index (χ0n) is 14.8. The van der Waals surface area contributed by atoms with Crippen molar-refractivity contribution in [3.8, 4) is 0 Å². The summed E-state index contributed by atoms with van der Waals surface area (Å²) in [6, 6.07) is 0.0287. The molecule has 2 amide bonds. The Morgan fingerprint density at radius 2 is 2.12 bits per heavy atom. The van der Waals surface area contributed by atoms with Crippen LogP contribution in [0.1, 0.15) is 50.2 Å². The first-order valence-electron chi connectivity index (χ1n) is 9.17. The number of nitrogens with zero attached hydrogens (tertiary/aromatic N) is 4. The molecule has 1 aromatic rings. The summed E-state index contributed by atoms with van der Waals surface area (Å²) in [5.74, 6) is 2.25. The Bertz CT molecular complexity index is 547. The van der Waals surface area contributed by atoms with Crippen molar-refractivity contribution in [2.24, 2.45) is 5.92 Å². The molecule has 0 radical (unpaired) electrons. The Morgan fingerprint density at radius 1 is 1.29 bits per heavy atom. The van der Waals surface area contributed by atoms with E-state index in [0.29, 0.717) is 24.8 Å². The molecule has 2 aliphatic rings. The summed E-state index contributed by atoms with van der Waals surface area (Å²) < 4.78 is 5.28. The van der Waals surface area contributed by atoms with Gasteiger partial charge in [0.2, 0.25) is 5.89 Å². The third kappa shape index (κ3) is 4.47. The van der Waals surface area contributed by atoms with E-state index in [1.807, 2.05) is 11.8 Å². The van der Waals surface area contributed by atoms with Crippen LogP contribution in [0.2, 0.25) is 0 Å². The minimum Gasteiger partial charge on any atom is -0.339 e. The van der Waals surface area contributed by atoms with Gasteiger partial charge in [0.1, 0.15) is 0 Å². The lowest BCUT2D eigenvalue weighted by Gasteiger charge is -2.33. The topological polar surface area (TPSA) is 74.5 Å². The SMILES string of the molecule is Cc1noc(C2CCCN(C(=O)NCCN3CCCC(C)C3)C2)n1. The van der Waals surface area contributed by atoms with Crippen molar-refractivity contribution in [3.63, 3.8) is 0 Å². The highest BCUT2D eigenvalue weighted by molar-refractivity contribution is 5.74. The van der Waals surface area contributed by atoms with Crippen molar-refractivity contribution in [1.29, 1.82) is 0 Å². The van der Waals surface area contributed by atoms with Crippen molar-refractivity contribution in [2.75, 3.05) is 39.3 Å². The molecule has 3 rings (SSSR count). The molecule has 3 heterocycles. The van der Waals surface area contributed by atoms with Crippen molar-refractivity contribution >= 4 is 6.03 Å². The molecular formula is C17H29N5O2. The standard InChI is InChI=1S/C17H29N5O2/c1-13-5-3-8-21(11-13)10-7-18-17(23)22-9-4-6-15(12-22)16-19-14(2)20-24-16/h13,15H,3-12H2,1-2H3,(H,18,23). The van der Waals surface area contributed by atoms with Gasteiger partial charge in [0.25, 0.3) is 0 Å². The maximum atomic E-state index is 12.4. The summed E-state index contributed by atoms with van der Waals surface area (Å²) >= 11 is 0. The first kappa shape index (κ1) is 17.2. The molecule has 0 saturated carbocycles. The number of piperidine rings is 2. The van der Waals surface area contributed by atoms with E-state index in [4.69, 9.17) is 4.52 Å². The normalized spacial score (nSPS) is 25.7. The molecule has 2 saturated heterocycles. The number of aromatic nitrogens is 2. The van der Waals surface area contributed by atoms with E-state index in [1.165, 1.54) is 12.8 Å². The molecule has 2 atom stereocenters. The fraction of sp³-hybridized carbons (Fsp3) is 0.824. The summed E-state index contributed by atoms with van der Waals surface area (Å²) in [6.45, 7) is 9.55. The number of nitrogens with one attached hydrogen (secondary N) is 1. The van der Waals surface area contributed by atoms with Gasteiger partial charge in [-0.1, -0.05) is 12.1 Å². The molecule has 2 fully saturated rings. The van der Waals surface area contributed by atoms with Gasteiger partial charge in [0, 0.05) is 32.7 Å². The number of urea groups is 1. The van der Waals surface area contributed by atoms with Gasteiger partial charge in [-0.15, -0.1) is 0 Å². The summed E-state index contributed by atoms with van der Waals surface area (Å²) in [5.41, 5.74) is 0. The van der Waals surface area contributed by atoms with Crippen LogP contribution in [-0.2, 0) is 0 Å². The van der Waals surface area contributed by atoms with Gasteiger partial charge in [-0.05, 0) is 45.1 Å². The summed E-state index contributed by atoms with van der Waals surface area (Å²) in [6.07, 6.45) is 4.57. The number of amides is 2. The molecule has 2 aliphatic heterocycles. The van der Waals surface area contributed by atoms with Crippen LogP contribution in [0.15, 0.2) is 4.52 Å². The molecule has 134 valence electrons. The first-order valence-corrected chi connectivity index (χ1v) is 9.17. The van der Waals surface area contributed by atoms with Gasteiger partial charge in [-0.3, -0.25) is 0 Å². The molecular weight excluding hydrogens is 306 g/mol. The predicted octanol–water partition coefficient (Wildman–Crippen LogP) is 2.00. The van der Waals surface area contributed by atoms with Crippen LogP contribution in [0.25, 0.3) is 0 Å². The van der Waals surface area contributed by atoms with Gasteiger partial charge < -0.3 is 19.6 Å². The number of likely N-dealkylation sites (tertiary alicyclic amines) is 2. The van der Waals surface area contributed by atoms with Crippen LogP contribution in [-0.4, -0.2) is 65.2 Å². The Balaban J connectivity index is 1.43. The third-order valence-corrected chi connectivity index (χ3v) is 5.05. The summed E-state index contributed by atoms with van der Waals surface area (Å²) in [4.78, 5) is 21.1. The number of carbonyl (C=O) groups is 1. The van der Waals surface area contributed by atoms with Crippen molar-refractivity contribution in [1.82, 2.24) is 25.3 Å². The van der Waals surface area contributed by atoms with Crippen molar-refractivity contribution < 1.29 is 9.32 Å². The van der Waals surface area contributed by atoms with Crippen LogP contribution in [0, 0.1) is 12.8 Å². The lowest BCUT2D eigenvalue weighted by molar-refractivity contribution is 0.163. The second-order valence-corrected chi connectivity index (χ2v) is 7.24. The Labute approximate surface area is 143 Å². The highest BCUT2D eigenvalue weighted by Gasteiger charge is 2.28. The lowest BCUT2D eigenvalue weighted by atomic mass is 9.98. The monoisotopic (exact) mass is 335 g/mol. The van der Waals surface area contributed by atoms with E-state index < -0.39 is 0 Å². The zero-order valence-corrected chi connectivity index (χ0v) is 14.8. The average Bonchev–Trinajstić information content (AvgIpc) is 3.01. The molecule has 0 aliphatic carbocycles. The number of hydrogen-bond donors (Lipinski definition) is 1. The Morgan fingerprint density at radius 3 is 2.88 bits per heavy atom. The van der Waals surface area contributed by atoms with E-state index in [0.717, 1.165) is 44.9 Å². The lowest BCUT2D eigenvalue weighted by Crippen LogP contribution is -2.47. The first-order chi connectivity index (χ1) is 11.6. The molecule has 1 aromatic heterocycles. The minimum atomic E-state index is 0.0287. The van der Waals surface area contributed by atoms with Crippen LogP contribution >= 0.6 is 0 Å². The van der Waals surface area contributed by atoms with E-state index in [1.54, 1.807) is 0 Å². The second-order valence-electron chi connectivity index (χ2n) is 7.24. The summed E-state index contributed by atoms with van der Waals surface area (Å²) in [5, 5.41) is 6.93. The quantitative estimate of drug-likeness (QED) is 0.911. The highest BCUT2D eigenvalue weighted by Crippen LogP contribution is 2.25. The fourth-order valence-corrected chi connectivity index (χ4v) is 3.76. The van der Waals surface area contributed by atoms with Gasteiger partial charge in [-0.25, -0.2) is 4.79 Å². The molecule has 0 spiro atoms. The average molecular weight is 335 g/mol. The fourth-order valence-electron chi connectivity index (χ4n) is 3.76. The van der Waals surface area contributed by atoms with Crippen molar-refractivity contribution in [2.45, 2.75) is 45.4 Å². The molecule has 0 aromatic carbocycles. The largest absolute Gasteiger partial charge is 0.339 e. The van der Waals surface area contributed by atoms with Gasteiger partial charge >= 0.3 is 6.03 Å². The van der Waals surface area contributed by atoms with Gasteiger partial charge in [-0.2, -0.15) is 4.98 Å². The Hall–Kier alpha value is -1.63. The molecule has 1 N–H and O–H groups in total. The van der Waals surface area contributed by atoms with Crippen molar-refractivity contribution in [3.05, 3.63) is 11.7 Å². The number of hydrogen-bond acceptors (Lipinski definition) is 5. The van der Waals surface area contributed by atoms with Gasteiger partial charge in [0.05, 0.1) is 5.92 Å². The second kappa shape index (κ2) is 7.96. The van der Waals surface area contributed by atoms with Crippen LogP contribution < -0.4 is 5.32 Å².